The van der Waals surface area contributed by atoms with E-state index in [4.69, 9.17) is 9.47 Å². The standard InChI is InChI=1S/C12H16O3/c1-12(2)14-9-5-7-3-4-8(6-13)10(7)11(9)15-12/h4,6-7,9-11H,3,5H2,1-2H3/t7-,9-,10+,11-/m1/s1. The Kier molecular flexibility index (Phi) is 1.86. The van der Waals surface area contributed by atoms with Gasteiger partial charge in [0, 0.05) is 5.92 Å². The summed E-state index contributed by atoms with van der Waals surface area (Å²) in [6.45, 7) is 3.89. The van der Waals surface area contributed by atoms with Gasteiger partial charge in [0.05, 0.1) is 12.2 Å². The predicted octanol–water partition coefficient (Wildman–Crippen LogP) is 1.67. The number of hydrogen-bond acceptors (Lipinski definition) is 3. The maximum Gasteiger partial charge on any atom is 0.163 e. The van der Waals surface area contributed by atoms with Crippen molar-refractivity contribution in [3.05, 3.63) is 11.6 Å². The summed E-state index contributed by atoms with van der Waals surface area (Å²) in [5.41, 5.74) is 0.925. The maximum absolute atomic E-state index is 10.9. The third-order valence-corrected chi connectivity index (χ3v) is 3.80. The molecule has 0 amide bonds. The Morgan fingerprint density at radius 3 is 3.00 bits per heavy atom. The van der Waals surface area contributed by atoms with Crippen molar-refractivity contribution < 1.29 is 14.3 Å². The van der Waals surface area contributed by atoms with Gasteiger partial charge in [-0.15, -0.1) is 0 Å². The fourth-order valence-corrected chi connectivity index (χ4v) is 3.32. The summed E-state index contributed by atoms with van der Waals surface area (Å²) < 4.78 is 11.7. The number of rotatable bonds is 1. The first-order valence-corrected chi connectivity index (χ1v) is 5.61. The van der Waals surface area contributed by atoms with Gasteiger partial charge in [0.15, 0.2) is 5.79 Å². The molecule has 3 heteroatoms. The van der Waals surface area contributed by atoms with Crippen molar-refractivity contribution in [3.63, 3.8) is 0 Å². The molecule has 2 aliphatic carbocycles. The van der Waals surface area contributed by atoms with E-state index in [0.29, 0.717) is 5.92 Å². The van der Waals surface area contributed by atoms with Gasteiger partial charge in [-0.25, -0.2) is 0 Å². The van der Waals surface area contributed by atoms with E-state index in [1.54, 1.807) is 0 Å². The van der Waals surface area contributed by atoms with Crippen LogP contribution in [-0.2, 0) is 14.3 Å². The SMILES string of the molecule is CC1(C)O[C@H]2[C@@H]3C(C=O)=CC[C@@H]3C[C@H]2O1. The average molecular weight is 208 g/mol. The van der Waals surface area contributed by atoms with Crippen LogP contribution >= 0.6 is 0 Å². The molecule has 3 nitrogen and oxygen atoms in total. The smallest absolute Gasteiger partial charge is 0.163 e. The molecule has 1 heterocycles. The monoisotopic (exact) mass is 208 g/mol. The molecule has 0 bridgehead atoms. The lowest BCUT2D eigenvalue weighted by atomic mass is 9.94. The molecule has 0 aromatic rings. The third-order valence-electron chi connectivity index (χ3n) is 3.80. The normalized spacial score (nSPS) is 46.1. The zero-order valence-corrected chi connectivity index (χ0v) is 9.10. The van der Waals surface area contributed by atoms with Crippen LogP contribution in [0.15, 0.2) is 11.6 Å². The summed E-state index contributed by atoms with van der Waals surface area (Å²) in [4.78, 5) is 10.9. The lowest BCUT2D eigenvalue weighted by Gasteiger charge is -2.22. The van der Waals surface area contributed by atoms with Crippen LogP contribution in [-0.4, -0.2) is 24.3 Å². The van der Waals surface area contributed by atoms with E-state index in [9.17, 15) is 4.79 Å². The molecule has 0 aromatic carbocycles. The molecule has 2 fully saturated rings. The number of fused-ring (bicyclic) bond motifs is 3. The first-order chi connectivity index (χ1) is 7.11. The highest BCUT2D eigenvalue weighted by atomic mass is 16.8. The Morgan fingerprint density at radius 1 is 1.47 bits per heavy atom. The lowest BCUT2D eigenvalue weighted by molar-refractivity contribution is -0.157. The van der Waals surface area contributed by atoms with Crippen molar-refractivity contribution in [3.8, 4) is 0 Å². The van der Waals surface area contributed by atoms with Crippen LogP contribution in [0.3, 0.4) is 0 Å². The van der Waals surface area contributed by atoms with E-state index in [1.165, 1.54) is 0 Å². The zero-order chi connectivity index (χ0) is 10.6. The van der Waals surface area contributed by atoms with E-state index < -0.39 is 5.79 Å². The second-order valence-corrected chi connectivity index (χ2v) is 5.22. The van der Waals surface area contributed by atoms with Crippen molar-refractivity contribution in [2.45, 2.75) is 44.7 Å². The molecular weight excluding hydrogens is 192 g/mol. The highest BCUT2D eigenvalue weighted by molar-refractivity contribution is 5.75. The molecule has 1 saturated carbocycles. The zero-order valence-electron chi connectivity index (χ0n) is 9.10. The fraction of sp³-hybridized carbons (Fsp3) is 0.750. The topological polar surface area (TPSA) is 35.5 Å². The van der Waals surface area contributed by atoms with Gasteiger partial charge in [-0.3, -0.25) is 4.79 Å². The molecule has 3 rings (SSSR count). The Labute approximate surface area is 89.4 Å². The molecule has 4 atom stereocenters. The summed E-state index contributed by atoms with van der Waals surface area (Å²) >= 11 is 0. The molecule has 3 aliphatic rings. The number of allylic oxidation sites excluding steroid dienone is 1. The van der Waals surface area contributed by atoms with Gasteiger partial charge in [0.1, 0.15) is 6.29 Å². The van der Waals surface area contributed by atoms with Crippen LogP contribution in [0.2, 0.25) is 0 Å². The van der Waals surface area contributed by atoms with Gasteiger partial charge in [-0.05, 0) is 38.2 Å². The molecular formula is C12H16O3. The van der Waals surface area contributed by atoms with Crippen LogP contribution in [0, 0.1) is 11.8 Å². The minimum atomic E-state index is -0.475. The van der Waals surface area contributed by atoms with Gasteiger partial charge in [0.2, 0.25) is 0 Å². The Morgan fingerprint density at radius 2 is 2.27 bits per heavy atom. The molecule has 0 spiro atoms. The van der Waals surface area contributed by atoms with Gasteiger partial charge in [0.25, 0.3) is 0 Å². The van der Waals surface area contributed by atoms with Crippen molar-refractivity contribution in [1.29, 1.82) is 0 Å². The van der Waals surface area contributed by atoms with Crippen LogP contribution in [0.1, 0.15) is 26.7 Å². The summed E-state index contributed by atoms with van der Waals surface area (Å²) in [5, 5.41) is 0. The highest BCUT2D eigenvalue weighted by Gasteiger charge is 2.55. The van der Waals surface area contributed by atoms with E-state index >= 15 is 0 Å². The quantitative estimate of drug-likeness (QED) is 0.615. The first kappa shape index (κ1) is 9.55. The first-order valence-electron chi connectivity index (χ1n) is 5.61. The summed E-state index contributed by atoms with van der Waals surface area (Å²) in [6.07, 6.45) is 5.39. The third kappa shape index (κ3) is 1.30. The van der Waals surface area contributed by atoms with Crippen LogP contribution < -0.4 is 0 Å². The number of ether oxygens (including phenoxy) is 2. The molecule has 0 unspecified atom stereocenters. The molecule has 15 heavy (non-hydrogen) atoms. The number of aldehydes is 1. The molecule has 0 aromatic heterocycles. The number of carbonyl (C=O) groups is 1. The molecule has 1 aliphatic heterocycles. The van der Waals surface area contributed by atoms with E-state index in [1.807, 2.05) is 13.8 Å². The van der Waals surface area contributed by atoms with Gasteiger partial charge in [-0.2, -0.15) is 0 Å². The summed E-state index contributed by atoms with van der Waals surface area (Å²) in [7, 11) is 0. The van der Waals surface area contributed by atoms with Gasteiger partial charge in [-0.1, -0.05) is 6.08 Å². The Hall–Kier alpha value is -0.670. The average Bonchev–Trinajstić information content (AvgIpc) is 2.73. The van der Waals surface area contributed by atoms with Crippen molar-refractivity contribution in [2.24, 2.45) is 11.8 Å². The van der Waals surface area contributed by atoms with E-state index in [-0.39, 0.29) is 18.1 Å². The molecule has 82 valence electrons. The van der Waals surface area contributed by atoms with Crippen LogP contribution in [0.4, 0.5) is 0 Å². The molecule has 1 saturated heterocycles. The number of carbonyl (C=O) groups excluding carboxylic acids is 1. The van der Waals surface area contributed by atoms with Crippen LogP contribution in [0.5, 0.6) is 0 Å². The predicted molar refractivity (Wildman–Crippen MR) is 54.2 cm³/mol. The van der Waals surface area contributed by atoms with Gasteiger partial charge >= 0.3 is 0 Å². The van der Waals surface area contributed by atoms with E-state index in [2.05, 4.69) is 6.08 Å². The second-order valence-electron chi connectivity index (χ2n) is 5.22. The summed E-state index contributed by atoms with van der Waals surface area (Å²) in [6, 6.07) is 0. The summed E-state index contributed by atoms with van der Waals surface area (Å²) in [5.74, 6) is 0.377. The van der Waals surface area contributed by atoms with Crippen molar-refractivity contribution in [2.75, 3.05) is 0 Å². The Balaban J connectivity index is 1.87. The maximum atomic E-state index is 10.9. The van der Waals surface area contributed by atoms with Crippen molar-refractivity contribution in [1.82, 2.24) is 0 Å². The van der Waals surface area contributed by atoms with Gasteiger partial charge < -0.3 is 9.47 Å². The second kappa shape index (κ2) is 2.92. The minimum Gasteiger partial charge on any atom is -0.345 e. The molecule has 0 radical (unpaired) electrons. The number of hydrogen-bond donors (Lipinski definition) is 0. The molecule has 0 N–H and O–H groups in total. The highest BCUT2D eigenvalue weighted by Crippen LogP contribution is 2.51. The minimum absolute atomic E-state index is 0.101. The fourth-order valence-electron chi connectivity index (χ4n) is 3.32. The Bertz CT molecular complexity index is 332. The van der Waals surface area contributed by atoms with Crippen molar-refractivity contribution >= 4 is 6.29 Å². The lowest BCUT2D eigenvalue weighted by Crippen LogP contribution is -2.27. The van der Waals surface area contributed by atoms with E-state index in [0.717, 1.165) is 24.7 Å². The van der Waals surface area contributed by atoms with Crippen LogP contribution in [0.25, 0.3) is 0 Å². The largest absolute Gasteiger partial charge is 0.345 e.